The van der Waals surface area contributed by atoms with Gasteiger partial charge in [-0.2, -0.15) is 0 Å². The summed E-state index contributed by atoms with van der Waals surface area (Å²) in [7, 11) is 0. The van der Waals surface area contributed by atoms with Gasteiger partial charge in [0.1, 0.15) is 0 Å². The zero-order valence-corrected chi connectivity index (χ0v) is 22.9. The van der Waals surface area contributed by atoms with Gasteiger partial charge >= 0.3 is 0 Å². The predicted octanol–water partition coefficient (Wildman–Crippen LogP) is 8.25. The Morgan fingerprint density at radius 2 is 1.06 bits per heavy atom. The van der Waals surface area contributed by atoms with Crippen LogP contribution in [0.15, 0.2) is 12.7 Å². The molecule has 1 atom stereocenters. The topological polar surface area (TPSA) is 58.2 Å². The Morgan fingerprint density at radius 1 is 0.647 bits per heavy atom. The molecule has 0 aromatic carbocycles. The van der Waals surface area contributed by atoms with Crippen LogP contribution in [0.2, 0.25) is 0 Å². The van der Waals surface area contributed by atoms with Crippen molar-refractivity contribution < 1.29 is 9.59 Å². The first kappa shape index (κ1) is 32.7. The van der Waals surface area contributed by atoms with Crippen molar-refractivity contribution in [1.29, 1.82) is 0 Å². The minimum Gasteiger partial charge on any atom is -0.356 e. The minimum atomic E-state index is -0.221. The molecule has 0 aliphatic rings. The van der Waals surface area contributed by atoms with Gasteiger partial charge in [0.05, 0.1) is 0 Å². The van der Waals surface area contributed by atoms with Gasteiger partial charge in [-0.15, -0.1) is 0 Å². The fourth-order valence-corrected chi connectivity index (χ4v) is 4.55. The molecule has 0 fully saturated rings. The van der Waals surface area contributed by atoms with Gasteiger partial charge in [-0.25, -0.2) is 0 Å². The van der Waals surface area contributed by atoms with E-state index in [2.05, 4.69) is 31.1 Å². The Balaban J connectivity index is 4.06. The number of hydrogen-bond acceptors (Lipinski definition) is 2. The van der Waals surface area contributed by atoms with E-state index in [-0.39, 0.29) is 11.8 Å². The number of carbonyl (C=O) groups is 2. The van der Waals surface area contributed by atoms with Crippen LogP contribution in [0.3, 0.4) is 0 Å². The van der Waals surface area contributed by atoms with E-state index in [1.54, 1.807) is 0 Å². The normalized spacial score (nSPS) is 11.8. The van der Waals surface area contributed by atoms with Gasteiger partial charge in [-0.3, -0.25) is 9.59 Å². The highest BCUT2D eigenvalue weighted by atomic mass is 16.2. The van der Waals surface area contributed by atoms with E-state index >= 15 is 0 Å². The molecular formula is C30H58N2O2. The average Bonchev–Trinajstić information content (AvgIpc) is 2.84. The molecule has 0 aliphatic heterocycles. The molecule has 0 spiro atoms. The second-order valence-corrected chi connectivity index (χ2v) is 10.1. The first-order chi connectivity index (χ1) is 16.6. The second-order valence-electron chi connectivity index (χ2n) is 10.1. The van der Waals surface area contributed by atoms with Crippen molar-refractivity contribution in [3.8, 4) is 0 Å². The number of hydrogen-bond donors (Lipinski definition) is 2. The van der Waals surface area contributed by atoms with Gasteiger partial charge < -0.3 is 10.6 Å². The van der Waals surface area contributed by atoms with Crippen molar-refractivity contribution in [2.75, 3.05) is 13.1 Å². The average molecular weight is 479 g/mol. The van der Waals surface area contributed by atoms with E-state index in [9.17, 15) is 9.59 Å². The summed E-state index contributed by atoms with van der Waals surface area (Å²) in [6, 6.07) is 0. The molecule has 0 rings (SSSR count). The van der Waals surface area contributed by atoms with Crippen molar-refractivity contribution in [2.24, 2.45) is 5.92 Å². The smallest absolute Gasteiger partial charge is 0.243 e. The second kappa shape index (κ2) is 26.3. The fraction of sp³-hybridized carbons (Fsp3) is 0.867. The zero-order valence-electron chi connectivity index (χ0n) is 22.9. The number of unbranched alkanes of at least 4 members (excludes halogenated alkanes) is 16. The molecule has 0 radical (unpaired) electrons. The summed E-state index contributed by atoms with van der Waals surface area (Å²) in [6.45, 7) is 9.13. The van der Waals surface area contributed by atoms with Gasteiger partial charge in [-0.1, -0.05) is 136 Å². The molecule has 0 aliphatic carbocycles. The first-order valence-corrected chi connectivity index (χ1v) is 14.8. The quantitative estimate of drug-likeness (QED) is 0.0971. The highest BCUT2D eigenvalue weighted by molar-refractivity contribution is 5.87. The first-order valence-electron chi connectivity index (χ1n) is 14.8. The van der Waals surface area contributed by atoms with Gasteiger partial charge in [0.15, 0.2) is 0 Å². The van der Waals surface area contributed by atoms with E-state index in [0.29, 0.717) is 18.9 Å². The highest BCUT2D eigenvalue weighted by Crippen LogP contribution is 2.19. The lowest BCUT2D eigenvalue weighted by Gasteiger charge is -2.18. The molecular weight excluding hydrogens is 420 g/mol. The van der Waals surface area contributed by atoms with Crippen LogP contribution in [0.25, 0.3) is 0 Å². The Bertz CT molecular complexity index is 478. The van der Waals surface area contributed by atoms with Gasteiger partial charge in [-0.05, 0) is 24.8 Å². The van der Waals surface area contributed by atoms with Crippen molar-refractivity contribution in [3.63, 3.8) is 0 Å². The van der Waals surface area contributed by atoms with Crippen LogP contribution in [-0.4, -0.2) is 24.9 Å². The fourth-order valence-electron chi connectivity index (χ4n) is 4.55. The summed E-state index contributed by atoms with van der Waals surface area (Å²) in [4.78, 5) is 23.4. The van der Waals surface area contributed by atoms with Crippen LogP contribution in [0.4, 0.5) is 0 Å². The van der Waals surface area contributed by atoms with Gasteiger partial charge in [0.2, 0.25) is 11.8 Å². The molecule has 1 unspecified atom stereocenters. The van der Waals surface area contributed by atoms with E-state index in [0.717, 1.165) is 6.54 Å². The summed E-state index contributed by atoms with van der Waals surface area (Å²) in [5.74, 6) is 0.399. The lowest BCUT2D eigenvalue weighted by atomic mass is 9.93. The van der Waals surface area contributed by atoms with Crippen LogP contribution in [-0.2, 0) is 9.59 Å². The largest absolute Gasteiger partial charge is 0.356 e. The number of carbonyl (C=O) groups excluding carboxylic acids is 2. The summed E-state index contributed by atoms with van der Waals surface area (Å²) >= 11 is 0. The van der Waals surface area contributed by atoms with E-state index in [4.69, 9.17) is 0 Å². The lowest BCUT2D eigenvalue weighted by Crippen LogP contribution is -2.32. The number of nitrogens with one attached hydrogen (secondary N) is 2. The molecule has 0 saturated heterocycles. The Hall–Kier alpha value is -1.32. The summed E-state index contributed by atoms with van der Waals surface area (Å²) in [5, 5.41) is 5.79. The standard InChI is InChI=1S/C30H58N2O2/c1-4-7-9-11-13-15-16-18-20-22-24-28(23-21-19-17-14-12-10-8-5-2)27-32-30(34)25-26-31-29(33)6-3/h6,28H,3-5,7-27H2,1-2H3,(H,31,33)(H,32,34). The Labute approximate surface area is 212 Å². The Kier molecular flexibility index (Phi) is 25.3. The van der Waals surface area contributed by atoms with Crippen molar-refractivity contribution in [3.05, 3.63) is 12.7 Å². The maximum Gasteiger partial charge on any atom is 0.243 e. The molecule has 0 bridgehead atoms. The Morgan fingerprint density at radius 3 is 1.47 bits per heavy atom. The molecule has 0 heterocycles. The molecule has 2 amide bonds. The molecule has 0 saturated carbocycles. The molecule has 4 nitrogen and oxygen atoms in total. The van der Waals surface area contributed by atoms with Gasteiger partial charge in [0.25, 0.3) is 0 Å². The summed E-state index contributed by atoms with van der Waals surface area (Å²) in [5.41, 5.74) is 0. The molecule has 34 heavy (non-hydrogen) atoms. The zero-order chi connectivity index (χ0) is 25.1. The van der Waals surface area contributed by atoms with Crippen molar-refractivity contribution >= 4 is 11.8 Å². The van der Waals surface area contributed by atoms with Crippen LogP contribution in [0, 0.1) is 5.92 Å². The lowest BCUT2D eigenvalue weighted by molar-refractivity contribution is -0.121. The van der Waals surface area contributed by atoms with Crippen LogP contribution < -0.4 is 10.6 Å². The van der Waals surface area contributed by atoms with E-state index in [1.165, 1.54) is 134 Å². The van der Waals surface area contributed by atoms with Crippen molar-refractivity contribution in [2.45, 2.75) is 149 Å². The molecule has 0 aromatic rings. The third-order valence-corrected chi connectivity index (χ3v) is 6.86. The monoisotopic (exact) mass is 478 g/mol. The van der Waals surface area contributed by atoms with Gasteiger partial charge in [0, 0.05) is 19.5 Å². The maximum atomic E-state index is 12.2. The van der Waals surface area contributed by atoms with E-state index < -0.39 is 0 Å². The summed E-state index contributed by atoms with van der Waals surface area (Å²) < 4.78 is 0. The minimum absolute atomic E-state index is 0.0355. The third kappa shape index (κ3) is 23.8. The number of rotatable bonds is 26. The van der Waals surface area contributed by atoms with Crippen LogP contribution >= 0.6 is 0 Å². The van der Waals surface area contributed by atoms with Crippen molar-refractivity contribution in [1.82, 2.24) is 10.6 Å². The molecule has 200 valence electrons. The maximum absolute atomic E-state index is 12.2. The SMILES string of the molecule is C=CC(=O)NCCC(=O)NCC(CCCCCCCCCC)CCCCCCCCCCCC. The summed E-state index contributed by atoms with van der Waals surface area (Å²) in [6.07, 6.45) is 28.5. The number of amides is 2. The molecule has 4 heteroatoms. The van der Waals surface area contributed by atoms with Crippen LogP contribution in [0.1, 0.15) is 149 Å². The van der Waals surface area contributed by atoms with E-state index in [1.807, 2.05) is 0 Å². The third-order valence-electron chi connectivity index (χ3n) is 6.86. The molecule has 0 aromatic heterocycles. The van der Waals surface area contributed by atoms with Crippen LogP contribution in [0.5, 0.6) is 0 Å². The highest BCUT2D eigenvalue weighted by Gasteiger charge is 2.11. The molecule has 2 N–H and O–H groups in total. The predicted molar refractivity (Wildman–Crippen MR) is 148 cm³/mol.